The van der Waals surface area contributed by atoms with E-state index in [9.17, 15) is 18.0 Å². The Labute approximate surface area is 106 Å². The number of halogens is 3. The summed E-state index contributed by atoms with van der Waals surface area (Å²) in [6, 6.07) is 5.32. The molecule has 0 amide bonds. The van der Waals surface area contributed by atoms with E-state index in [-0.39, 0.29) is 0 Å². The minimum Gasteiger partial charge on any atom is -0.282 e. The summed E-state index contributed by atoms with van der Waals surface area (Å²) in [4.78, 5) is 11.0. The molecule has 2 rings (SSSR count). The van der Waals surface area contributed by atoms with Gasteiger partial charge in [-0.3, -0.25) is 4.79 Å². The number of benzene rings is 1. The summed E-state index contributed by atoms with van der Waals surface area (Å²) in [5.41, 5.74) is 1.71. The monoisotopic (exact) mass is 269 g/mol. The second kappa shape index (κ2) is 4.49. The van der Waals surface area contributed by atoms with Crippen molar-refractivity contribution in [2.45, 2.75) is 20.0 Å². The number of nitrogens with zero attached hydrogens (tertiary/aromatic N) is 3. The van der Waals surface area contributed by atoms with Crippen LogP contribution < -0.4 is 0 Å². The molecule has 0 bridgehead atoms. The van der Waals surface area contributed by atoms with Gasteiger partial charge in [0, 0.05) is 0 Å². The molecule has 0 unspecified atom stereocenters. The quantitative estimate of drug-likeness (QED) is 0.787. The van der Waals surface area contributed by atoms with Gasteiger partial charge in [-0.1, -0.05) is 17.3 Å². The molecule has 0 N–H and O–H groups in total. The summed E-state index contributed by atoms with van der Waals surface area (Å²) in [5.74, 6) is -2.00. The number of carbonyl (C=O) groups is 1. The first-order chi connectivity index (χ1) is 8.80. The predicted molar refractivity (Wildman–Crippen MR) is 61.2 cm³/mol. The summed E-state index contributed by atoms with van der Waals surface area (Å²) in [6.07, 6.45) is -3.96. The highest BCUT2D eigenvalue weighted by Crippen LogP contribution is 2.21. The van der Waals surface area contributed by atoms with Crippen molar-refractivity contribution in [2.75, 3.05) is 0 Å². The molecule has 0 aliphatic heterocycles. The van der Waals surface area contributed by atoms with Gasteiger partial charge >= 0.3 is 6.18 Å². The molecular weight excluding hydrogens is 259 g/mol. The maximum absolute atomic E-state index is 12.3. The number of aromatic nitrogens is 3. The molecular formula is C12H10F3N3O. The van der Waals surface area contributed by atoms with Gasteiger partial charge in [-0.05, 0) is 31.0 Å². The summed E-state index contributed by atoms with van der Waals surface area (Å²) >= 11 is 0. The number of ketones is 1. The number of Topliss-reactive ketones (excluding diaryl/α,β-unsaturated/α-hetero) is 1. The number of hydrogen-bond acceptors (Lipinski definition) is 3. The van der Waals surface area contributed by atoms with Crippen molar-refractivity contribution < 1.29 is 18.0 Å². The van der Waals surface area contributed by atoms with Crippen molar-refractivity contribution in [3.8, 4) is 5.69 Å². The van der Waals surface area contributed by atoms with Gasteiger partial charge in [0.1, 0.15) is 0 Å². The van der Waals surface area contributed by atoms with Gasteiger partial charge in [-0.15, -0.1) is 5.10 Å². The van der Waals surface area contributed by atoms with Crippen LogP contribution in [-0.2, 0) is 0 Å². The van der Waals surface area contributed by atoms with Crippen molar-refractivity contribution in [3.05, 3.63) is 41.2 Å². The van der Waals surface area contributed by atoms with E-state index in [0.717, 1.165) is 17.3 Å². The normalized spacial score (nSPS) is 11.6. The van der Waals surface area contributed by atoms with Crippen LogP contribution in [0.4, 0.5) is 13.2 Å². The van der Waals surface area contributed by atoms with E-state index in [2.05, 4.69) is 10.3 Å². The average molecular weight is 269 g/mol. The lowest BCUT2D eigenvalue weighted by molar-refractivity contribution is -0.0888. The molecule has 4 nitrogen and oxygen atoms in total. The molecule has 0 aliphatic rings. The number of aryl methyl sites for hydroxylation is 1. The minimum atomic E-state index is -4.94. The zero-order valence-corrected chi connectivity index (χ0v) is 10.2. The van der Waals surface area contributed by atoms with Crippen LogP contribution in [0.3, 0.4) is 0 Å². The molecule has 1 aromatic heterocycles. The third kappa shape index (κ3) is 2.49. The second-order valence-corrected chi connectivity index (χ2v) is 4.09. The maximum Gasteiger partial charge on any atom is 0.456 e. The van der Waals surface area contributed by atoms with E-state index in [1.54, 1.807) is 12.1 Å². The highest BCUT2D eigenvalue weighted by Gasteiger charge is 2.41. The molecule has 1 aromatic carbocycles. The number of rotatable bonds is 2. The standard InChI is InChI=1S/C12H10F3N3O/c1-7-4-3-5-10(8(7)2)18-6-9(16-17-18)11(19)12(13,14)15/h3-6H,1-2H3. The van der Waals surface area contributed by atoms with Gasteiger partial charge < -0.3 is 0 Å². The molecule has 19 heavy (non-hydrogen) atoms. The fourth-order valence-electron chi connectivity index (χ4n) is 1.61. The molecule has 1 heterocycles. The molecule has 100 valence electrons. The first kappa shape index (κ1) is 13.3. The zero-order valence-electron chi connectivity index (χ0n) is 10.2. The Bertz CT molecular complexity index is 631. The van der Waals surface area contributed by atoms with Crippen LogP contribution in [0, 0.1) is 13.8 Å². The Hall–Kier alpha value is -2.18. The van der Waals surface area contributed by atoms with Crippen molar-refractivity contribution in [2.24, 2.45) is 0 Å². The lowest BCUT2D eigenvalue weighted by Crippen LogP contribution is -2.23. The minimum absolute atomic E-state index is 0.591. The van der Waals surface area contributed by atoms with Gasteiger partial charge in [0.2, 0.25) is 0 Å². The fraction of sp³-hybridized carbons (Fsp3) is 0.250. The fourth-order valence-corrected chi connectivity index (χ4v) is 1.61. The molecule has 0 radical (unpaired) electrons. The number of alkyl halides is 3. The third-order valence-electron chi connectivity index (χ3n) is 2.81. The van der Waals surface area contributed by atoms with Crippen LogP contribution >= 0.6 is 0 Å². The molecule has 7 heteroatoms. The summed E-state index contributed by atoms with van der Waals surface area (Å²) in [6.45, 7) is 3.69. The van der Waals surface area contributed by atoms with Gasteiger partial charge in [0.15, 0.2) is 5.69 Å². The van der Waals surface area contributed by atoms with Crippen LogP contribution in [0.15, 0.2) is 24.4 Å². The van der Waals surface area contributed by atoms with Crippen LogP contribution in [0.5, 0.6) is 0 Å². The summed E-state index contributed by atoms with van der Waals surface area (Å²) < 4.78 is 38.0. The summed E-state index contributed by atoms with van der Waals surface area (Å²) in [7, 11) is 0. The Morgan fingerprint density at radius 2 is 1.95 bits per heavy atom. The SMILES string of the molecule is Cc1cccc(-n2cc(C(=O)C(F)(F)F)nn2)c1C. The van der Waals surface area contributed by atoms with E-state index < -0.39 is 17.7 Å². The highest BCUT2D eigenvalue weighted by molar-refractivity contribution is 5.98. The Balaban J connectivity index is 2.42. The molecule has 0 spiro atoms. The number of hydrogen-bond donors (Lipinski definition) is 0. The molecule has 0 aliphatic carbocycles. The van der Waals surface area contributed by atoms with Crippen LogP contribution in [0.25, 0.3) is 5.69 Å². The van der Waals surface area contributed by atoms with Gasteiger partial charge in [-0.2, -0.15) is 13.2 Å². The van der Waals surface area contributed by atoms with Gasteiger partial charge in [0.05, 0.1) is 11.9 Å². The maximum atomic E-state index is 12.3. The topological polar surface area (TPSA) is 47.8 Å². The second-order valence-electron chi connectivity index (χ2n) is 4.09. The van der Waals surface area contributed by atoms with Crippen LogP contribution in [0.1, 0.15) is 21.6 Å². The van der Waals surface area contributed by atoms with Crippen molar-refractivity contribution in [1.82, 2.24) is 15.0 Å². The van der Waals surface area contributed by atoms with E-state index in [4.69, 9.17) is 0 Å². The van der Waals surface area contributed by atoms with Crippen molar-refractivity contribution >= 4 is 5.78 Å². The Morgan fingerprint density at radius 1 is 1.26 bits per heavy atom. The first-order valence-electron chi connectivity index (χ1n) is 5.41. The van der Waals surface area contributed by atoms with Crippen molar-refractivity contribution in [3.63, 3.8) is 0 Å². The third-order valence-corrected chi connectivity index (χ3v) is 2.81. The van der Waals surface area contributed by atoms with Gasteiger partial charge in [0.25, 0.3) is 5.78 Å². The summed E-state index contributed by atoms with van der Waals surface area (Å²) in [5, 5.41) is 6.84. The van der Waals surface area contributed by atoms with E-state index in [0.29, 0.717) is 5.69 Å². The smallest absolute Gasteiger partial charge is 0.282 e. The largest absolute Gasteiger partial charge is 0.456 e. The molecule has 0 saturated heterocycles. The van der Waals surface area contributed by atoms with Crippen LogP contribution in [0.2, 0.25) is 0 Å². The zero-order chi connectivity index (χ0) is 14.2. The first-order valence-corrected chi connectivity index (χ1v) is 5.41. The molecule has 2 aromatic rings. The average Bonchev–Trinajstić information content (AvgIpc) is 2.79. The predicted octanol–water partition coefficient (Wildman–Crippen LogP) is 2.63. The van der Waals surface area contributed by atoms with E-state index in [1.807, 2.05) is 19.9 Å². The lowest BCUT2D eigenvalue weighted by Gasteiger charge is -2.07. The van der Waals surface area contributed by atoms with E-state index >= 15 is 0 Å². The Morgan fingerprint density at radius 3 is 2.58 bits per heavy atom. The lowest BCUT2D eigenvalue weighted by atomic mass is 10.1. The van der Waals surface area contributed by atoms with Gasteiger partial charge in [-0.25, -0.2) is 4.68 Å². The van der Waals surface area contributed by atoms with Crippen molar-refractivity contribution in [1.29, 1.82) is 0 Å². The van der Waals surface area contributed by atoms with E-state index in [1.165, 1.54) is 4.68 Å². The molecule has 0 atom stereocenters. The van der Waals surface area contributed by atoms with Crippen LogP contribution in [-0.4, -0.2) is 27.0 Å². The highest BCUT2D eigenvalue weighted by atomic mass is 19.4. The molecule has 0 saturated carbocycles. The number of carbonyl (C=O) groups excluding carboxylic acids is 1. The molecule has 0 fully saturated rings. The Kier molecular flexibility index (Phi) is 3.13.